The van der Waals surface area contributed by atoms with E-state index in [2.05, 4.69) is 30.6 Å². The maximum atomic E-state index is 13.7. The second-order valence-corrected chi connectivity index (χ2v) is 7.75. The molecular formula is C21H20F2N6OS. The summed E-state index contributed by atoms with van der Waals surface area (Å²) in [5.41, 5.74) is 1.54. The van der Waals surface area contributed by atoms with Crippen LogP contribution in [0, 0.1) is 11.6 Å². The molecule has 1 amide bonds. The predicted molar refractivity (Wildman–Crippen MR) is 114 cm³/mol. The van der Waals surface area contributed by atoms with Crippen LogP contribution >= 0.6 is 11.3 Å². The molecule has 160 valence electrons. The molecule has 0 spiro atoms. The molecule has 0 bridgehead atoms. The summed E-state index contributed by atoms with van der Waals surface area (Å²) in [5.74, 6) is -0.426. The molecule has 1 aromatic carbocycles. The van der Waals surface area contributed by atoms with E-state index in [-0.39, 0.29) is 24.0 Å². The van der Waals surface area contributed by atoms with Crippen molar-refractivity contribution in [3.8, 4) is 0 Å². The summed E-state index contributed by atoms with van der Waals surface area (Å²) in [6.07, 6.45) is 2.79. The van der Waals surface area contributed by atoms with Crippen LogP contribution in [0.5, 0.6) is 0 Å². The lowest BCUT2D eigenvalue weighted by Crippen LogP contribution is -2.24. The number of aromatic amines is 1. The third kappa shape index (κ3) is 5.28. The number of imidazole rings is 1. The highest BCUT2D eigenvalue weighted by atomic mass is 32.1. The zero-order valence-electron chi connectivity index (χ0n) is 16.5. The molecule has 3 N–H and O–H groups in total. The van der Waals surface area contributed by atoms with Crippen LogP contribution in [0.15, 0.2) is 41.9 Å². The molecule has 3 aromatic heterocycles. The number of thiazole rings is 1. The molecule has 4 rings (SSSR count). The lowest BCUT2D eigenvalue weighted by atomic mass is 10.3. The van der Waals surface area contributed by atoms with Crippen LogP contribution in [0.4, 0.5) is 8.78 Å². The van der Waals surface area contributed by atoms with Gasteiger partial charge in [-0.15, -0.1) is 11.3 Å². The van der Waals surface area contributed by atoms with Gasteiger partial charge in [-0.1, -0.05) is 6.07 Å². The number of benzene rings is 1. The standard InChI is InChI=1S/C21H20F2N6OS/c22-13-4-2-8-25-16(13)11-26-21(30)17-12-31-19(28-17)7-10-24-9-6-18-27-15-5-1-3-14(23)20(15)29-18/h1-5,8,12,24H,6-7,9-11H2,(H,26,30)(H,27,29). The number of halogens is 2. The molecule has 0 atom stereocenters. The topological polar surface area (TPSA) is 95.6 Å². The predicted octanol–water partition coefficient (Wildman–Crippen LogP) is 3.00. The Morgan fingerprint density at radius 1 is 1.06 bits per heavy atom. The van der Waals surface area contributed by atoms with Crippen molar-refractivity contribution >= 4 is 28.3 Å². The van der Waals surface area contributed by atoms with Crippen molar-refractivity contribution in [3.05, 3.63) is 75.8 Å². The number of para-hydroxylation sites is 1. The van der Waals surface area contributed by atoms with Crippen LogP contribution in [0.1, 0.15) is 27.0 Å². The number of amides is 1. The summed E-state index contributed by atoms with van der Waals surface area (Å²) in [4.78, 5) is 27.8. The average Bonchev–Trinajstić information content (AvgIpc) is 3.40. The quantitative estimate of drug-likeness (QED) is 0.347. The number of hydrogen-bond donors (Lipinski definition) is 3. The van der Waals surface area contributed by atoms with E-state index in [4.69, 9.17) is 0 Å². The summed E-state index contributed by atoms with van der Waals surface area (Å²) in [7, 11) is 0. The molecule has 0 unspecified atom stereocenters. The zero-order chi connectivity index (χ0) is 21.6. The smallest absolute Gasteiger partial charge is 0.271 e. The lowest BCUT2D eigenvalue weighted by Gasteiger charge is -2.03. The van der Waals surface area contributed by atoms with Crippen LogP contribution in [0.2, 0.25) is 0 Å². The molecular weight excluding hydrogens is 422 g/mol. The molecule has 0 aliphatic carbocycles. The summed E-state index contributed by atoms with van der Waals surface area (Å²) in [6.45, 7) is 1.36. The minimum Gasteiger partial charge on any atom is -0.345 e. The van der Waals surface area contributed by atoms with E-state index in [0.717, 1.165) is 10.8 Å². The van der Waals surface area contributed by atoms with Gasteiger partial charge in [0.2, 0.25) is 0 Å². The van der Waals surface area contributed by atoms with Gasteiger partial charge in [0.05, 0.1) is 22.8 Å². The Labute approximate surface area is 181 Å². The van der Waals surface area contributed by atoms with Gasteiger partial charge in [0.1, 0.15) is 22.9 Å². The Kier molecular flexibility index (Phi) is 6.58. The Morgan fingerprint density at radius 2 is 1.90 bits per heavy atom. The van der Waals surface area contributed by atoms with Gasteiger partial charge >= 0.3 is 0 Å². The minimum atomic E-state index is -0.458. The lowest BCUT2D eigenvalue weighted by molar-refractivity contribution is 0.0945. The van der Waals surface area contributed by atoms with Gasteiger partial charge in [-0.2, -0.15) is 0 Å². The van der Waals surface area contributed by atoms with Crippen molar-refractivity contribution in [1.82, 2.24) is 30.6 Å². The van der Waals surface area contributed by atoms with E-state index < -0.39 is 5.82 Å². The number of aromatic nitrogens is 4. The molecule has 4 aromatic rings. The maximum Gasteiger partial charge on any atom is 0.271 e. The Hall–Kier alpha value is -3.24. The number of nitrogens with zero attached hydrogens (tertiary/aromatic N) is 3. The second-order valence-electron chi connectivity index (χ2n) is 6.81. The molecule has 0 radical (unpaired) electrons. The highest BCUT2D eigenvalue weighted by molar-refractivity contribution is 7.09. The van der Waals surface area contributed by atoms with E-state index in [9.17, 15) is 13.6 Å². The average molecular weight is 442 g/mol. The van der Waals surface area contributed by atoms with Crippen molar-refractivity contribution in [3.63, 3.8) is 0 Å². The van der Waals surface area contributed by atoms with Gasteiger partial charge in [0, 0.05) is 37.5 Å². The van der Waals surface area contributed by atoms with Gasteiger partial charge in [-0.3, -0.25) is 9.78 Å². The first-order valence-electron chi connectivity index (χ1n) is 9.76. The number of H-pyrrole nitrogens is 1. The molecule has 0 aliphatic rings. The Morgan fingerprint density at radius 3 is 2.74 bits per heavy atom. The van der Waals surface area contributed by atoms with Crippen LogP contribution < -0.4 is 10.6 Å². The summed E-state index contributed by atoms with van der Waals surface area (Å²) < 4.78 is 27.3. The number of hydrogen-bond acceptors (Lipinski definition) is 6. The van der Waals surface area contributed by atoms with Crippen molar-refractivity contribution in [2.24, 2.45) is 0 Å². The van der Waals surface area contributed by atoms with Crippen molar-refractivity contribution < 1.29 is 13.6 Å². The fourth-order valence-electron chi connectivity index (χ4n) is 3.03. The number of pyridine rings is 1. The van der Waals surface area contributed by atoms with Gasteiger partial charge in [-0.05, 0) is 24.3 Å². The largest absolute Gasteiger partial charge is 0.345 e. The summed E-state index contributed by atoms with van der Waals surface area (Å²) >= 11 is 1.40. The Bertz CT molecular complexity index is 1190. The van der Waals surface area contributed by atoms with Crippen LogP contribution in [-0.4, -0.2) is 38.9 Å². The maximum absolute atomic E-state index is 13.7. The third-order valence-corrected chi connectivity index (χ3v) is 5.51. The van der Waals surface area contributed by atoms with Gasteiger partial charge in [0.15, 0.2) is 5.82 Å². The van der Waals surface area contributed by atoms with E-state index in [1.54, 1.807) is 17.5 Å². The van der Waals surface area contributed by atoms with Crippen molar-refractivity contribution in [1.29, 1.82) is 0 Å². The second kappa shape index (κ2) is 9.71. The highest BCUT2D eigenvalue weighted by Gasteiger charge is 2.12. The SMILES string of the molecule is O=C(NCc1ncccc1F)c1csc(CCNCCc2nc3c(F)cccc3[nH]2)n1. The number of nitrogens with one attached hydrogen (secondary N) is 3. The number of carbonyl (C=O) groups is 1. The van der Waals surface area contributed by atoms with E-state index in [0.29, 0.717) is 42.7 Å². The van der Waals surface area contributed by atoms with Gasteiger partial charge in [-0.25, -0.2) is 18.7 Å². The third-order valence-electron chi connectivity index (χ3n) is 4.60. The zero-order valence-corrected chi connectivity index (χ0v) is 17.3. The molecule has 0 saturated heterocycles. The van der Waals surface area contributed by atoms with Crippen LogP contribution in [0.25, 0.3) is 11.0 Å². The first-order chi connectivity index (χ1) is 15.1. The monoisotopic (exact) mass is 442 g/mol. The van der Waals surface area contributed by atoms with Crippen LogP contribution in [0.3, 0.4) is 0 Å². The van der Waals surface area contributed by atoms with E-state index >= 15 is 0 Å². The normalized spacial score (nSPS) is 11.2. The fraction of sp³-hybridized carbons (Fsp3) is 0.238. The van der Waals surface area contributed by atoms with Crippen molar-refractivity contribution in [2.75, 3.05) is 13.1 Å². The summed E-state index contributed by atoms with van der Waals surface area (Å²) in [6, 6.07) is 7.64. The van der Waals surface area contributed by atoms with Gasteiger partial charge in [0.25, 0.3) is 5.91 Å². The molecule has 3 heterocycles. The number of carbonyl (C=O) groups excluding carboxylic acids is 1. The van der Waals surface area contributed by atoms with E-state index in [1.165, 1.54) is 35.7 Å². The van der Waals surface area contributed by atoms with Gasteiger partial charge < -0.3 is 15.6 Å². The van der Waals surface area contributed by atoms with E-state index in [1.807, 2.05) is 0 Å². The minimum absolute atomic E-state index is 0.00557. The molecule has 10 heteroatoms. The first-order valence-corrected chi connectivity index (χ1v) is 10.6. The molecule has 7 nitrogen and oxygen atoms in total. The molecule has 0 fully saturated rings. The first kappa shape index (κ1) is 21.0. The molecule has 0 aliphatic heterocycles. The molecule has 31 heavy (non-hydrogen) atoms. The van der Waals surface area contributed by atoms with Crippen LogP contribution in [-0.2, 0) is 19.4 Å². The Balaban J connectivity index is 1.19. The number of rotatable bonds is 9. The number of fused-ring (bicyclic) bond motifs is 1. The fourth-order valence-corrected chi connectivity index (χ4v) is 3.81. The summed E-state index contributed by atoms with van der Waals surface area (Å²) in [5, 5.41) is 8.43. The molecule has 0 saturated carbocycles. The highest BCUT2D eigenvalue weighted by Crippen LogP contribution is 2.15. The van der Waals surface area contributed by atoms with Crippen molar-refractivity contribution in [2.45, 2.75) is 19.4 Å².